The number of hydrogen-bond donors (Lipinski definition) is 1. The van der Waals surface area contributed by atoms with E-state index >= 15 is 0 Å². The molecule has 0 saturated carbocycles. The second-order valence-electron chi connectivity index (χ2n) is 3.84. The van der Waals surface area contributed by atoms with Gasteiger partial charge in [-0.05, 0) is 25.7 Å². The Morgan fingerprint density at radius 3 is 3.19 bits per heavy atom. The highest BCUT2D eigenvalue weighted by atomic mass is 32.2. The Bertz CT molecular complexity index is 417. The zero-order valence-corrected chi connectivity index (χ0v) is 10.2. The first-order valence-corrected chi connectivity index (χ1v) is 6.53. The quantitative estimate of drug-likeness (QED) is 0.480. The summed E-state index contributed by atoms with van der Waals surface area (Å²) in [4.78, 5) is 19.0. The van der Waals surface area contributed by atoms with Crippen LogP contribution < -0.4 is 5.56 Å². The van der Waals surface area contributed by atoms with Crippen molar-refractivity contribution in [2.45, 2.75) is 30.8 Å². The third-order valence-electron chi connectivity index (χ3n) is 2.65. The molecule has 5 heteroatoms. The van der Waals surface area contributed by atoms with Crippen molar-refractivity contribution in [2.24, 2.45) is 0 Å². The lowest BCUT2D eigenvalue weighted by Crippen LogP contribution is -2.15. The highest BCUT2D eigenvalue weighted by Gasteiger charge is 2.16. The van der Waals surface area contributed by atoms with Crippen molar-refractivity contribution >= 4 is 11.8 Å². The molecule has 0 aromatic carbocycles. The average Bonchev–Trinajstić information content (AvgIpc) is 2.73. The van der Waals surface area contributed by atoms with Crippen LogP contribution in [-0.4, -0.2) is 29.4 Å². The molecule has 0 radical (unpaired) electrons. The standard InChI is InChI=1S/C11H16N2O2S/c1-15-6-3-7-16-11-12-9-5-2-4-8(9)10(14)13-11/h2-7H2,1H3,(H,12,13,14). The van der Waals surface area contributed by atoms with Gasteiger partial charge in [-0.15, -0.1) is 0 Å². The van der Waals surface area contributed by atoms with Gasteiger partial charge >= 0.3 is 0 Å². The number of aryl methyl sites for hydroxylation is 1. The molecule has 0 spiro atoms. The average molecular weight is 240 g/mol. The minimum atomic E-state index is 0.0525. The number of thioether (sulfide) groups is 1. The molecule has 88 valence electrons. The van der Waals surface area contributed by atoms with Gasteiger partial charge in [0.15, 0.2) is 5.16 Å². The third kappa shape index (κ3) is 2.65. The molecule has 16 heavy (non-hydrogen) atoms. The van der Waals surface area contributed by atoms with E-state index in [0.29, 0.717) is 0 Å². The van der Waals surface area contributed by atoms with Gasteiger partial charge in [-0.3, -0.25) is 4.79 Å². The molecule has 1 aliphatic rings. The topological polar surface area (TPSA) is 55.0 Å². The lowest BCUT2D eigenvalue weighted by Gasteiger charge is -2.03. The largest absolute Gasteiger partial charge is 0.385 e. The summed E-state index contributed by atoms with van der Waals surface area (Å²) in [5.74, 6) is 0.926. The first-order valence-electron chi connectivity index (χ1n) is 5.55. The molecule has 1 aliphatic carbocycles. The van der Waals surface area contributed by atoms with E-state index in [9.17, 15) is 4.79 Å². The molecule has 1 heterocycles. The summed E-state index contributed by atoms with van der Waals surface area (Å²) in [6.45, 7) is 0.752. The SMILES string of the molecule is COCCCSc1nc2c(c(=O)[nH]1)CCC2. The van der Waals surface area contributed by atoms with Crippen LogP contribution >= 0.6 is 11.8 Å². The Hall–Kier alpha value is -0.810. The molecule has 4 nitrogen and oxygen atoms in total. The van der Waals surface area contributed by atoms with Crippen molar-refractivity contribution in [2.75, 3.05) is 19.5 Å². The van der Waals surface area contributed by atoms with E-state index in [2.05, 4.69) is 9.97 Å². The molecular formula is C11H16N2O2S. The molecule has 1 N–H and O–H groups in total. The molecule has 2 rings (SSSR count). The fourth-order valence-electron chi connectivity index (χ4n) is 1.86. The maximum Gasteiger partial charge on any atom is 0.254 e. The predicted molar refractivity (Wildman–Crippen MR) is 64.1 cm³/mol. The molecule has 0 unspecified atom stereocenters. The monoisotopic (exact) mass is 240 g/mol. The summed E-state index contributed by atoms with van der Waals surface area (Å²) in [5, 5.41) is 0.752. The van der Waals surface area contributed by atoms with Crippen LogP contribution in [0.4, 0.5) is 0 Å². The zero-order chi connectivity index (χ0) is 11.4. The second-order valence-corrected chi connectivity index (χ2v) is 4.93. The molecule has 1 aromatic heterocycles. The molecule has 0 atom stereocenters. The van der Waals surface area contributed by atoms with E-state index in [4.69, 9.17) is 4.74 Å². The maximum absolute atomic E-state index is 11.7. The van der Waals surface area contributed by atoms with Crippen molar-refractivity contribution in [1.29, 1.82) is 0 Å². The van der Waals surface area contributed by atoms with Crippen LogP contribution in [0.15, 0.2) is 9.95 Å². The fraction of sp³-hybridized carbons (Fsp3) is 0.636. The number of nitrogens with zero attached hydrogens (tertiary/aromatic N) is 1. The van der Waals surface area contributed by atoms with E-state index in [1.165, 1.54) is 0 Å². The highest BCUT2D eigenvalue weighted by molar-refractivity contribution is 7.99. The predicted octanol–water partition coefficient (Wildman–Crippen LogP) is 1.39. The van der Waals surface area contributed by atoms with E-state index in [0.717, 1.165) is 54.5 Å². The van der Waals surface area contributed by atoms with E-state index < -0.39 is 0 Å². The first-order chi connectivity index (χ1) is 7.81. The van der Waals surface area contributed by atoms with Crippen molar-refractivity contribution in [1.82, 2.24) is 9.97 Å². The number of aromatic amines is 1. The van der Waals surface area contributed by atoms with Crippen LogP contribution in [0.1, 0.15) is 24.1 Å². The number of H-pyrrole nitrogens is 1. The highest BCUT2D eigenvalue weighted by Crippen LogP contribution is 2.19. The maximum atomic E-state index is 11.7. The van der Waals surface area contributed by atoms with Crippen molar-refractivity contribution in [3.8, 4) is 0 Å². The molecule has 1 aromatic rings. The van der Waals surface area contributed by atoms with Gasteiger partial charge in [0.2, 0.25) is 0 Å². The summed E-state index contributed by atoms with van der Waals surface area (Å²) in [6, 6.07) is 0. The zero-order valence-electron chi connectivity index (χ0n) is 9.41. The first kappa shape index (κ1) is 11.7. The number of methoxy groups -OCH3 is 1. The van der Waals surface area contributed by atoms with Gasteiger partial charge in [0, 0.05) is 25.0 Å². The lowest BCUT2D eigenvalue weighted by molar-refractivity contribution is 0.200. The van der Waals surface area contributed by atoms with Gasteiger partial charge in [0.1, 0.15) is 0 Å². The summed E-state index contributed by atoms with van der Waals surface area (Å²) < 4.78 is 4.97. The minimum Gasteiger partial charge on any atom is -0.385 e. The lowest BCUT2D eigenvalue weighted by atomic mass is 10.3. The van der Waals surface area contributed by atoms with Crippen molar-refractivity contribution in [3.05, 3.63) is 21.6 Å². The van der Waals surface area contributed by atoms with Crippen LogP contribution in [0.25, 0.3) is 0 Å². The van der Waals surface area contributed by atoms with Gasteiger partial charge in [-0.25, -0.2) is 4.98 Å². The molecule has 0 fully saturated rings. The summed E-state index contributed by atoms with van der Waals surface area (Å²) >= 11 is 1.59. The van der Waals surface area contributed by atoms with Crippen LogP contribution in [0.5, 0.6) is 0 Å². The van der Waals surface area contributed by atoms with E-state index in [1.807, 2.05) is 0 Å². The number of aromatic nitrogens is 2. The van der Waals surface area contributed by atoms with Gasteiger partial charge in [-0.1, -0.05) is 11.8 Å². The van der Waals surface area contributed by atoms with Crippen molar-refractivity contribution in [3.63, 3.8) is 0 Å². The third-order valence-corrected chi connectivity index (χ3v) is 3.61. The summed E-state index contributed by atoms with van der Waals surface area (Å²) in [7, 11) is 1.69. The number of fused-ring (bicyclic) bond motifs is 1. The Morgan fingerprint density at radius 2 is 2.38 bits per heavy atom. The molecular weight excluding hydrogens is 224 g/mol. The molecule has 0 amide bonds. The Morgan fingerprint density at radius 1 is 1.50 bits per heavy atom. The minimum absolute atomic E-state index is 0.0525. The molecule has 0 aliphatic heterocycles. The Kier molecular flexibility index (Phi) is 4.01. The second kappa shape index (κ2) is 5.50. The molecule has 0 bridgehead atoms. The number of rotatable bonds is 5. The van der Waals surface area contributed by atoms with Crippen LogP contribution in [0.2, 0.25) is 0 Å². The van der Waals surface area contributed by atoms with E-state index in [-0.39, 0.29) is 5.56 Å². The Balaban J connectivity index is 2.00. The van der Waals surface area contributed by atoms with E-state index in [1.54, 1.807) is 18.9 Å². The van der Waals surface area contributed by atoms with Crippen LogP contribution in [-0.2, 0) is 17.6 Å². The van der Waals surface area contributed by atoms with Gasteiger partial charge in [0.25, 0.3) is 5.56 Å². The van der Waals surface area contributed by atoms with Gasteiger partial charge in [0.05, 0.1) is 5.69 Å². The number of hydrogen-bond acceptors (Lipinski definition) is 4. The smallest absolute Gasteiger partial charge is 0.254 e. The number of nitrogens with one attached hydrogen (secondary N) is 1. The normalized spacial score (nSPS) is 14.1. The fourth-order valence-corrected chi connectivity index (χ4v) is 2.65. The summed E-state index contributed by atoms with van der Waals surface area (Å²) in [6.07, 6.45) is 3.86. The Labute approximate surface area is 98.8 Å². The number of ether oxygens (including phenoxy) is 1. The van der Waals surface area contributed by atoms with Gasteiger partial charge < -0.3 is 9.72 Å². The summed E-state index contributed by atoms with van der Waals surface area (Å²) in [5.41, 5.74) is 1.94. The van der Waals surface area contributed by atoms with Crippen LogP contribution in [0, 0.1) is 0 Å². The van der Waals surface area contributed by atoms with Crippen LogP contribution in [0.3, 0.4) is 0 Å². The van der Waals surface area contributed by atoms with Crippen molar-refractivity contribution < 1.29 is 4.74 Å². The molecule has 0 saturated heterocycles. The van der Waals surface area contributed by atoms with Gasteiger partial charge in [-0.2, -0.15) is 0 Å².